The molecular weight excluding hydrogens is 402 g/mol. The molecule has 0 aliphatic carbocycles. The minimum absolute atomic E-state index is 0.132. The molecule has 1 aliphatic heterocycles. The van der Waals surface area contributed by atoms with Gasteiger partial charge in [0.1, 0.15) is 23.5 Å². The number of ether oxygens (including phenoxy) is 2. The van der Waals surface area contributed by atoms with E-state index in [1.165, 1.54) is 25.5 Å². The second-order valence-electron chi connectivity index (χ2n) is 6.80. The van der Waals surface area contributed by atoms with Gasteiger partial charge in [-0.2, -0.15) is 0 Å². The lowest BCUT2D eigenvalue weighted by Crippen LogP contribution is -2.29. The monoisotopic (exact) mass is 421 g/mol. The zero-order valence-corrected chi connectivity index (χ0v) is 16.9. The fourth-order valence-corrected chi connectivity index (χ4v) is 3.52. The topological polar surface area (TPSA) is 95.3 Å². The molecule has 8 nitrogen and oxygen atoms in total. The number of methoxy groups -OCH3 is 2. The van der Waals surface area contributed by atoms with E-state index in [1.807, 2.05) is 30.3 Å². The molecule has 0 saturated carbocycles. The molecule has 1 atom stereocenters. The van der Waals surface area contributed by atoms with Crippen molar-refractivity contribution < 1.29 is 28.3 Å². The first-order valence-electron chi connectivity index (χ1n) is 9.45. The van der Waals surface area contributed by atoms with Crippen molar-refractivity contribution in [3.05, 3.63) is 93.5 Å². The van der Waals surface area contributed by atoms with Gasteiger partial charge in [0.05, 0.1) is 31.7 Å². The van der Waals surface area contributed by atoms with E-state index in [-0.39, 0.29) is 28.9 Å². The third-order valence-electron chi connectivity index (χ3n) is 4.97. The lowest BCUT2D eigenvalue weighted by Gasteiger charge is -2.23. The molecule has 0 radical (unpaired) electrons. The third kappa shape index (κ3) is 3.69. The summed E-state index contributed by atoms with van der Waals surface area (Å²) in [4.78, 5) is 44.1. The Kier molecular flexibility index (Phi) is 5.55. The normalized spacial score (nSPS) is 16.3. The highest BCUT2D eigenvalue weighted by molar-refractivity contribution is 6.00. The molecule has 0 spiro atoms. The third-order valence-corrected chi connectivity index (χ3v) is 4.97. The van der Waals surface area contributed by atoms with Gasteiger partial charge in [-0.1, -0.05) is 42.5 Å². The summed E-state index contributed by atoms with van der Waals surface area (Å²) in [6, 6.07) is 15.0. The van der Waals surface area contributed by atoms with E-state index in [0.29, 0.717) is 11.0 Å². The number of para-hydroxylation sites is 1. The first-order chi connectivity index (χ1) is 15.0. The molecule has 158 valence electrons. The summed E-state index contributed by atoms with van der Waals surface area (Å²) >= 11 is 0. The van der Waals surface area contributed by atoms with Gasteiger partial charge < -0.3 is 18.7 Å². The largest absolute Gasteiger partial charge is 0.465 e. The average Bonchev–Trinajstić information content (AvgIpc) is 3.18. The van der Waals surface area contributed by atoms with Crippen LogP contribution in [0.3, 0.4) is 0 Å². The standard InChI is InChI=1S/C23H19NO7/c1-28-22(26)18-19(16-13-30-17-11-7-6-10-15(17)20(16)25)24(31-21(18)23(27)29-2)12-14-8-4-3-5-9-14/h3-11,13,19H,12H2,1-2H3. The van der Waals surface area contributed by atoms with Crippen LogP contribution in [0.4, 0.5) is 0 Å². The van der Waals surface area contributed by atoms with Crippen LogP contribution in [-0.4, -0.2) is 31.2 Å². The maximum atomic E-state index is 13.3. The van der Waals surface area contributed by atoms with Crippen molar-refractivity contribution in [2.75, 3.05) is 14.2 Å². The minimum atomic E-state index is -1.04. The van der Waals surface area contributed by atoms with Crippen molar-refractivity contribution >= 4 is 22.9 Å². The zero-order valence-electron chi connectivity index (χ0n) is 16.9. The Labute approximate surface area is 177 Å². The van der Waals surface area contributed by atoms with Gasteiger partial charge in [0.15, 0.2) is 5.43 Å². The number of fused-ring (bicyclic) bond motifs is 1. The van der Waals surface area contributed by atoms with Crippen LogP contribution >= 0.6 is 0 Å². The van der Waals surface area contributed by atoms with Crippen molar-refractivity contribution in [3.63, 3.8) is 0 Å². The van der Waals surface area contributed by atoms with Gasteiger partial charge in [-0.05, 0) is 17.7 Å². The van der Waals surface area contributed by atoms with Crippen LogP contribution in [0.25, 0.3) is 11.0 Å². The van der Waals surface area contributed by atoms with Crippen molar-refractivity contribution in [1.82, 2.24) is 5.06 Å². The first-order valence-corrected chi connectivity index (χ1v) is 9.45. The smallest absolute Gasteiger partial charge is 0.376 e. The second kappa shape index (κ2) is 8.45. The Morgan fingerprint density at radius 2 is 1.65 bits per heavy atom. The number of nitrogens with zero attached hydrogens (tertiary/aromatic N) is 1. The fraction of sp³-hybridized carbons (Fsp3) is 0.174. The van der Waals surface area contributed by atoms with E-state index in [2.05, 4.69) is 0 Å². The van der Waals surface area contributed by atoms with E-state index >= 15 is 0 Å². The predicted octanol–water partition coefficient (Wildman–Crippen LogP) is 2.88. The summed E-state index contributed by atoms with van der Waals surface area (Å²) in [5, 5.41) is 1.71. The van der Waals surface area contributed by atoms with Gasteiger partial charge in [-0.15, -0.1) is 5.06 Å². The number of hydroxylamine groups is 2. The lowest BCUT2D eigenvalue weighted by atomic mass is 9.97. The Morgan fingerprint density at radius 3 is 2.35 bits per heavy atom. The van der Waals surface area contributed by atoms with Crippen LogP contribution in [-0.2, 0) is 30.4 Å². The molecular formula is C23H19NO7. The van der Waals surface area contributed by atoms with E-state index in [1.54, 1.807) is 24.3 Å². The molecule has 2 heterocycles. The summed E-state index contributed by atoms with van der Waals surface area (Å²) in [6.07, 6.45) is 1.28. The molecule has 3 aromatic rings. The Morgan fingerprint density at radius 1 is 0.968 bits per heavy atom. The van der Waals surface area contributed by atoms with Crippen molar-refractivity contribution in [1.29, 1.82) is 0 Å². The number of carbonyl (C=O) groups excluding carboxylic acids is 2. The average molecular weight is 421 g/mol. The molecule has 0 bridgehead atoms. The Hall–Kier alpha value is -3.91. The number of esters is 2. The van der Waals surface area contributed by atoms with Crippen LogP contribution < -0.4 is 5.43 Å². The van der Waals surface area contributed by atoms with Crippen LogP contribution in [0.1, 0.15) is 17.2 Å². The van der Waals surface area contributed by atoms with Crippen LogP contribution in [0, 0.1) is 0 Å². The molecule has 8 heteroatoms. The van der Waals surface area contributed by atoms with Crippen LogP contribution in [0.2, 0.25) is 0 Å². The molecule has 0 N–H and O–H groups in total. The summed E-state index contributed by atoms with van der Waals surface area (Å²) in [6.45, 7) is 0.179. The molecule has 31 heavy (non-hydrogen) atoms. The number of hydrogen-bond acceptors (Lipinski definition) is 8. The molecule has 4 rings (SSSR count). The second-order valence-corrected chi connectivity index (χ2v) is 6.80. The van der Waals surface area contributed by atoms with Crippen molar-refractivity contribution in [2.45, 2.75) is 12.6 Å². The van der Waals surface area contributed by atoms with Gasteiger partial charge in [0, 0.05) is 0 Å². The minimum Gasteiger partial charge on any atom is -0.465 e. The number of rotatable bonds is 5. The van der Waals surface area contributed by atoms with Crippen molar-refractivity contribution in [2.24, 2.45) is 0 Å². The maximum absolute atomic E-state index is 13.3. The van der Waals surface area contributed by atoms with E-state index in [9.17, 15) is 14.4 Å². The number of carbonyl (C=O) groups is 2. The highest BCUT2D eigenvalue weighted by Gasteiger charge is 2.45. The van der Waals surface area contributed by atoms with Gasteiger partial charge in [-0.25, -0.2) is 9.59 Å². The molecule has 2 aromatic carbocycles. The summed E-state index contributed by atoms with van der Waals surface area (Å²) < 4.78 is 15.3. The summed E-state index contributed by atoms with van der Waals surface area (Å²) in [5.74, 6) is -2.00. The SMILES string of the molecule is COC(=O)C1=C(C(=O)OC)C(c2coc3ccccc3c2=O)N(Cc2ccccc2)O1. The molecule has 1 aromatic heterocycles. The summed E-state index contributed by atoms with van der Waals surface area (Å²) in [7, 11) is 2.36. The fourth-order valence-electron chi connectivity index (χ4n) is 3.52. The first kappa shape index (κ1) is 20.4. The zero-order chi connectivity index (χ0) is 22.0. The highest BCUT2D eigenvalue weighted by Crippen LogP contribution is 2.39. The molecule has 1 unspecified atom stereocenters. The van der Waals surface area contributed by atoms with Gasteiger partial charge in [0.2, 0.25) is 5.76 Å². The van der Waals surface area contributed by atoms with Crippen LogP contribution in [0.5, 0.6) is 0 Å². The van der Waals surface area contributed by atoms with Gasteiger partial charge in [-0.3, -0.25) is 4.79 Å². The Balaban J connectivity index is 1.90. The molecule has 0 fully saturated rings. The highest BCUT2D eigenvalue weighted by atomic mass is 16.7. The summed E-state index contributed by atoms with van der Waals surface area (Å²) in [5.41, 5.74) is 0.900. The Bertz CT molecular complexity index is 1230. The number of benzene rings is 2. The van der Waals surface area contributed by atoms with Crippen molar-refractivity contribution in [3.8, 4) is 0 Å². The van der Waals surface area contributed by atoms with Gasteiger partial charge >= 0.3 is 11.9 Å². The number of hydrogen-bond donors (Lipinski definition) is 0. The maximum Gasteiger partial charge on any atom is 0.376 e. The molecule has 0 saturated heterocycles. The quantitative estimate of drug-likeness (QED) is 0.581. The van der Waals surface area contributed by atoms with Crippen LogP contribution in [0.15, 0.2) is 81.4 Å². The van der Waals surface area contributed by atoms with E-state index in [4.69, 9.17) is 18.7 Å². The lowest BCUT2D eigenvalue weighted by molar-refractivity contribution is -0.160. The molecule has 1 aliphatic rings. The predicted molar refractivity (Wildman–Crippen MR) is 109 cm³/mol. The van der Waals surface area contributed by atoms with E-state index in [0.717, 1.165) is 5.56 Å². The van der Waals surface area contributed by atoms with Gasteiger partial charge in [0.25, 0.3) is 0 Å². The van der Waals surface area contributed by atoms with E-state index < -0.39 is 18.0 Å². The molecule has 0 amide bonds.